The van der Waals surface area contributed by atoms with Gasteiger partial charge in [0.05, 0.1) is 24.1 Å². The van der Waals surface area contributed by atoms with Gasteiger partial charge in [-0.2, -0.15) is 13.9 Å². The number of aromatic nitrogens is 4. The van der Waals surface area contributed by atoms with Gasteiger partial charge in [0.1, 0.15) is 18.5 Å². The van der Waals surface area contributed by atoms with Crippen molar-refractivity contribution in [2.75, 3.05) is 18.6 Å². The van der Waals surface area contributed by atoms with Crippen LogP contribution >= 0.6 is 23.3 Å². The summed E-state index contributed by atoms with van der Waals surface area (Å²) < 4.78 is 5.67. The minimum absolute atomic E-state index is 0.0428. The number of rotatable bonds is 7. The standard InChI is InChI=1S/C17H16N8O5S2/c1-30-22-9(12-21-17(18)32-23-12)13(26)20-10-14(27)25-11(16(28)29)8(7-31-15(10)25)6-24-4-2-19-3-5-24/h2-5,10,15H,6-7H2,1H3,(H3-,18,20,21,23,26,28,29)/b22-9-/t10?,15-/m1/s1. The van der Waals surface area contributed by atoms with E-state index >= 15 is 0 Å². The zero-order valence-corrected chi connectivity index (χ0v) is 18.1. The fraction of sp³-hybridized carbons (Fsp3) is 0.294. The maximum absolute atomic E-state index is 12.8. The molecule has 4 heterocycles. The third-order valence-electron chi connectivity index (χ3n) is 4.64. The van der Waals surface area contributed by atoms with E-state index in [0.29, 0.717) is 11.3 Å². The summed E-state index contributed by atoms with van der Waals surface area (Å²) in [5.74, 6) is -2.49. The lowest BCUT2D eigenvalue weighted by atomic mass is 10.0. The molecular formula is C17H16N8O5S2. The number of amides is 2. The van der Waals surface area contributed by atoms with E-state index in [0.717, 1.165) is 16.4 Å². The van der Waals surface area contributed by atoms with Gasteiger partial charge in [-0.3, -0.25) is 19.5 Å². The summed E-state index contributed by atoms with van der Waals surface area (Å²) in [5, 5.41) is 17.6. The van der Waals surface area contributed by atoms with Gasteiger partial charge in [0.2, 0.25) is 11.5 Å². The number of hydrogen-bond acceptors (Lipinski definition) is 12. The Morgan fingerprint density at radius 1 is 1.44 bits per heavy atom. The summed E-state index contributed by atoms with van der Waals surface area (Å²) >= 11 is 2.21. The zero-order valence-electron chi connectivity index (χ0n) is 16.5. The molecule has 15 heteroatoms. The van der Waals surface area contributed by atoms with Gasteiger partial charge in [-0.25, -0.2) is 0 Å². The van der Waals surface area contributed by atoms with E-state index in [4.69, 9.17) is 5.73 Å². The van der Waals surface area contributed by atoms with Gasteiger partial charge in [-0.15, -0.1) is 11.8 Å². The number of carbonyl (C=O) groups is 3. The number of nitrogens with zero attached hydrogens (tertiary/aromatic N) is 6. The minimum Gasteiger partial charge on any atom is -0.543 e. The predicted molar refractivity (Wildman–Crippen MR) is 109 cm³/mol. The molecule has 0 aromatic carbocycles. The summed E-state index contributed by atoms with van der Waals surface area (Å²) in [5.41, 5.74) is 5.63. The first-order chi connectivity index (χ1) is 15.4. The fourth-order valence-corrected chi connectivity index (χ4v) is 5.05. The topological polar surface area (TPSA) is 180 Å². The lowest BCUT2D eigenvalue weighted by Gasteiger charge is -2.50. The Labute approximate surface area is 189 Å². The molecule has 2 aromatic rings. The van der Waals surface area contributed by atoms with E-state index in [2.05, 4.69) is 29.7 Å². The van der Waals surface area contributed by atoms with Crippen molar-refractivity contribution in [2.45, 2.75) is 18.0 Å². The molecule has 0 radical (unpaired) electrons. The molecule has 0 aliphatic carbocycles. The van der Waals surface area contributed by atoms with Crippen LogP contribution in [0.2, 0.25) is 0 Å². The maximum Gasteiger partial charge on any atom is 0.278 e. The van der Waals surface area contributed by atoms with Crippen molar-refractivity contribution < 1.29 is 28.9 Å². The molecule has 2 aliphatic rings. The van der Waals surface area contributed by atoms with Crippen molar-refractivity contribution in [3.8, 4) is 0 Å². The number of anilines is 1. The molecule has 3 N–H and O–H groups in total. The van der Waals surface area contributed by atoms with Crippen LogP contribution in [-0.4, -0.2) is 67.0 Å². The van der Waals surface area contributed by atoms with Crippen molar-refractivity contribution in [1.29, 1.82) is 0 Å². The van der Waals surface area contributed by atoms with Crippen LogP contribution in [0.25, 0.3) is 0 Å². The number of oxime groups is 1. The highest BCUT2D eigenvalue weighted by atomic mass is 32.2. The molecule has 166 valence electrons. The van der Waals surface area contributed by atoms with E-state index in [1.807, 2.05) is 0 Å². The Morgan fingerprint density at radius 2 is 2.19 bits per heavy atom. The van der Waals surface area contributed by atoms with Gasteiger partial charge in [-0.1, -0.05) is 5.16 Å². The number of β-lactam (4-membered cyclic amide) rings is 1. The number of thioether (sulfide) groups is 1. The molecule has 32 heavy (non-hydrogen) atoms. The number of carbonyl (C=O) groups excluding carboxylic acids is 3. The van der Waals surface area contributed by atoms with Crippen molar-refractivity contribution in [2.24, 2.45) is 5.16 Å². The van der Waals surface area contributed by atoms with Crippen LogP contribution in [0.3, 0.4) is 0 Å². The Hall–Kier alpha value is -3.59. The summed E-state index contributed by atoms with van der Waals surface area (Å²) in [7, 11) is 1.25. The van der Waals surface area contributed by atoms with Crippen LogP contribution in [0.5, 0.6) is 0 Å². The van der Waals surface area contributed by atoms with E-state index in [1.54, 1.807) is 29.4 Å². The van der Waals surface area contributed by atoms with Crippen LogP contribution in [0.1, 0.15) is 5.82 Å². The second kappa shape index (κ2) is 8.88. The van der Waals surface area contributed by atoms with E-state index in [1.165, 1.54) is 18.9 Å². The van der Waals surface area contributed by atoms with E-state index < -0.39 is 29.2 Å². The Balaban J connectivity index is 1.53. The van der Waals surface area contributed by atoms with E-state index in [9.17, 15) is 19.5 Å². The average molecular weight is 477 g/mol. The summed E-state index contributed by atoms with van der Waals surface area (Å²) in [4.78, 5) is 51.0. The Kier molecular flexibility index (Phi) is 6.00. The molecule has 0 spiro atoms. The molecule has 1 unspecified atom stereocenters. The highest BCUT2D eigenvalue weighted by molar-refractivity contribution is 8.00. The normalized spacial score (nSPS) is 20.5. The zero-order chi connectivity index (χ0) is 22.8. The van der Waals surface area contributed by atoms with Crippen LogP contribution < -0.4 is 20.7 Å². The van der Waals surface area contributed by atoms with Gasteiger partial charge in [0.15, 0.2) is 24.1 Å². The van der Waals surface area contributed by atoms with Crippen LogP contribution in [-0.2, 0) is 25.8 Å². The Bertz CT molecular complexity index is 1130. The predicted octanol–water partition coefficient (Wildman–Crippen LogP) is -2.74. The fourth-order valence-electron chi connectivity index (χ4n) is 3.28. The second-order valence-electron chi connectivity index (χ2n) is 6.60. The maximum atomic E-state index is 12.8. The monoisotopic (exact) mass is 476 g/mol. The molecule has 1 fully saturated rings. The molecule has 2 aliphatic heterocycles. The molecule has 13 nitrogen and oxygen atoms in total. The van der Waals surface area contributed by atoms with Crippen LogP contribution in [0.15, 0.2) is 41.2 Å². The highest BCUT2D eigenvalue weighted by Crippen LogP contribution is 2.40. The lowest BCUT2D eigenvalue weighted by molar-refractivity contribution is -0.689. The quantitative estimate of drug-likeness (QED) is 0.184. The number of aliphatic carboxylic acids is 1. The summed E-state index contributed by atoms with van der Waals surface area (Å²) in [6, 6.07) is -0.963. The third kappa shape index (κ3) is 3.99. The molecule has 4 rings (SSSR count). The third-order valence-corrected chi connectivity index (χ3v) is 6.52. The number of hydrogen-bond donors (Lipinski definition) is 2. The molecule has 2 atom stereocenters. The number of fused-ring (bicyclic) bond motifs is 1. The summed E-state index contributed by atoms with van der Waals surface area (Å²) in [6.45, 7) is 0.258. The van der Waals surface area contributed by atoms with Crippen molar-refractivity contribution in [3.63, 3.8) is 0 Å². The first kappa shape index (κ1) is 21.6. The molecule has 1 saturated heterocycles. The first-order valence-corrected chi connectivity index (χ1v) is 10.9. The number of nitrogen functional groups attached to an aromatic ring is 1. The molecule has 0 bridgehead atoms. The van der Waals surface area contributed by atoms with Gasteiger partial charge in [0, 0.05) is 22.9 Å². The van der Waals surface area contributed by atoms with Crippen LogP contribution in [0, 0.1) is 0 Å². The molecule has 2 amide bonds. The SMILES string of the molecule is CO/N=C(\C(=O)NC1C(=O)N2C(C(=O)[O-])=C(C[n+]3ccncc3)CS[C@H]12)c1nsc(N)n1. The largest absolute Gasteiger partial charge is 0.543 e. The number of carboxylic acid groups (broad SMARTS) is 1. The van der Waals surface area contributed by atoms with Gasteiger partial charge < -0.3 is 25.8 Å². The highest BCUT2D eigenvalue weighted by Gasteiger charge is 2.53. The summed E-state index contributed by atoms with van der Waals surface area (Å²) in [6.07, 6.45) is 6.52. The molecular weight excluding hydrogens is 460 g/mol. The van der Waals surface area contributed by atoms with Gasteiger partial charge in [-0.05, 0) is 0 Å². The number of nitrogens with one attached hydrogen (secondary N) is 1. The smallest absolute Gasteiger partial charge is 0.278 e. The Morgan fingerprint density at radius 3 is 2.81 bits per heavy atom. The van der Waals surface area contributed by atoms with Crippen molar-refractivity contribution in [3.05, 3.63) is 41.9 Å². The number of carboxylic acids is 1. The lowest BCUT2D eigenvalue weighted by Crippen LogP contribution is -2.71. The molecule has 0 saturated carbocycles. The average Bonchev–Trinajstić information content (AvgIpc) is 3.21. The first-order valence-electron chi connectivity index (χ1n) is 9.09. The second-order valence-corrected chi connectivity index (χ2v) is 8.49. The van der Waals surface area contributed by atoms with Crippen LogP contribution in [0.4, 0.5) is 5.13 Å². The van der Waals surface area contributed by atoms with Crippen molar-refractivity contribution in [1.82, 2.24) is 24.6 Å². The molecule has 2 aromatic heterocycles. The van der Waals surface area contributed by atoms with Gasteiger partial charge >= 0.3 is 0 Å². The number of nitrogens with two attached hydrogens (primary N) is 1. The van der Waals surface area contributed by atoms with Gasteiger partial charge in [0.25, 0.3) is 11.8 Å². The minimum atomic E-state index is -1.46. The van der Waals surface area contributed by atoms with Crippen molar-refractivity contribution >= 4 is 51.9 Å². The van der Waals surface area contributed by atoms with E-state index in [-0.39, 0.29) is 28.9 Å².